The summed E-state index contributed by atoms with van der Waals surface area (Å²) in [6.45, 7) is 5.07. The highest BCUT2D eigenvalue weighted by molar-refractivity contribution is 5.85. The SMILES string of the molecule is Cl.Cn1ccnc1C1CNCCN1CC(=O)N1CCCCCC1. The molecule has 3 rings (SSSR count). The second kappa shape index (κ2) is 8.66. The lowest BCUT2D eigenvalue weighted by molar-refractivity contribution is -0.133. The van der Waals surface area contributed by atoms with E-state index in [-0.39, 0.29) is 24.4 Å². The van der Waals surface area contributed by atoms with Crippen LogP contribution in [0.4, 0.5) is 0 Å². The predicted molar refractivity (Wildman–Crippen MR) is 92.7 cm³/mol. The van der Waals surface area contributed by atoms with Gasteiger partial charge in [0, 0.05) is 52.2 Å². The van der Waals surface area contributed by atoms with Gasteiger partial charge in [0.25, 0.3) is 0 Å². The van der Waals surface area contributed by atoms with Gasteiger partial charge in [-0.15, -0.1) is 12.4 Å². The second-order valence-electron chi connectivity index (χ2n) is 6.38. The molecule has 2 fully saturated rings. The average molecular weight is 342 g/mol. The summed E-state index contributed by atoms with van der Waals surface area (Å²) < 4.78 is 2.06. The molecule has 0 saturated carbocycles. The maximum absolute atomic E-state index is 12.7. The number of piperazine rings is 1. The van der Waals surface area contributed by atoms with E-state index in [4.69, 9.17) is 0 Å². The number of likely N-dealkylation sites (tertiary alicyclic amines) is 1. The second-order valence-corrected chi connectivity index (χ2v) is 6.38. The van der Waals surface area contributed by atoms with Crippen LogP contribution < -0.4 is 5.32 Å². The zero-order chi connectivity index (χ0) is 15.4. The Bertz CT molecular complexity index is 498. The first kappa shape index (κ1) is 18.2. The molecule has 0 aliphatic carbocycles. The minimum atomic E-state index is 0. The van der Waals surface area contributed by atoms with Crippen LogP contribution in [-0.2, 0) is 11.8 Å². The fraction of sp³-hybridized carbons (Fsp3) is 0.750. The van der Waals surface area contributed by atoms with Crippen LogP contribution >= 0.6 is 12.4 Å². The maximum atomic E-state index is 12.7. The van der Waals surface area contributed by atoms with Crippen molar-refractivity contribution in [2.24, 2.45) is 7.05 Å². The summed E-state index contributed by atoms with van der Waals surface area (Å²) in [4.78, 5) is 21.5. The Hall–Kier alpha value is -1.11. The van der Waals surface area contributed by atoms with Gasteiger partial charge in [0.1, 0.15) is 5.82 Å². The van der Waals surface area contributed by atoms with E-state index in [1.807, 2.05) is 19.4 Å². The number of amides is 1. The molecule has 2 aliphatic heterocycles. The number of hydrogen-bond donors (Lipinski definition) is 1. The molecule has 0 radical (unpaired) electrons. The molecule has 0 bridgehead atoms. The van der Waals surface area contributed by atoms with E-state index in [1.165, 1.54) is 12.8 Å². The first-order chi connectivity index (χ1) is 10.8. The Morgan fingerprint density at radius 2 is 2.00 bits per heavy atom. The van der Waals surface area contributed by atoms with E-state index in [9.17, 15) is 4.79 Å². The smallest absolute Gasteiger partial charge is 0.236 e. The molecular formula is C16H28ClN5O. The summed E-state index contributed by atoms with van der Waals surface area (Å²) in [7, 11) is 2.02. The Morgan fingerprint density at radius 3 is 2.65 bits per heavy atom. The van der Waals surface area contributed by atoms with E-state index in [2.05, 4.69) is 24.7 Å². The van der Waals surface area contributed by atoms with E-state index >= 15 is 0 Å². The summed E-state index contributed by atoms with van der Waals surface area (Å²) in [5.74, 6) is 1.32. The molecule has 1 N–H and O–H groups in total. The van der Waals surface area contributed by atoms with Gasteiger partial charge in [0.05, 0.1) is 12.6 Å². The standard InChI is InChI=1S/C16H27N5O.ClH/c1-19-10-7-18-16(19)14-12-17-6-11-21(14)13-15(22)20-8-4-2-3-5-9-20;/h7,10,14,17H,2-6,8-9,11-13H2,1H3;1H. The van der Waals surface area contributed by atoms with Crippen LogP contribution in [0.1, 0.15) is 37.5 Å². The number of rotatable bonds is 3. The zero-order valence-electron chi connectivity index (χ0n) is 13.9. The Morgan fingerprint density at radius 1 is 1.26 bits per heavy atom. The van der Waals surface area contributed by atoms with Crippen molar-refractivity contribution in [1.82, 2.24) is 24.7 Å². The molecule has 6 nitrogen and oxygen atoms in total. The first-order valence-corrected chi connectivity index (χ1v) is 8.45. The highest BCUT2D eigenvalue weighted by Crippen LogP contribution is 2.20. The Balaban J connectivity index is 0.00000192. The minimum absolute atomic E-state index is 0. The molecule has 2 saturated heterocycles. The van der Waals surface area contributed by atoms with Gasteiger partial charge in [-0.05, 0) is 12.8 Å². The largest absolute Gasteiger partial charge is 0.342 e. The number of carbonyl (C=O) groups is 1. The van der Waals surface area contributed by atoms with Crippen molar-refractivity contribution in [2.45, 2.75) is 31.7 Å². The van der Waals surface area contributed by atoms with Crippen LogP contribution in [0.15, 0.2) is 12.4 Å². The molecule has 130 valence electrons. The minimum Gasteiger partial charge on any atom is -0.342 e. The fourth-order valence-corrected chi connectivity index (χ4v) is 3.48. The first-order valence-electron chi connectivity index (χ1n) is 8.45. The highest BCUT2D eigenvalue weighted by Gasteiger charge is 2.29. The van der Waals surface area contributed by atoms with Crippen LogP contribution in [0.2, 0.25) is 0 Å². The van der Waals surface area contributed by atoms with E-state index in [1.54, 1.807) is 0 Å². The summed E-state index contributed by atoms with van der Waals surface area (Å²) in [6.07, 6.45) is 8.62. The molecule has 2 aliphatic rings. The topological polar surface area (TPSA) is 53.4 Å². The number of aromatic nitrogens is 2. The molecule has 3 heterocycles. The van der Waals surface area contributed by atoms with Crippen LogP contribution in [0.5, 0.6) is 0 Å². The molecule has 1 unspecified atom stereocenters. The van der Waals surface area contributed by atoms with Gasteiger partial charge in [0.15, 0.2) is 0 Å². The highest BCUT2D eigenvalue weighted by atomic mass is 35.5. The van der Waals surface area contributed by atoms with Crippen molar-refractivity contribution < 1.29 is 4.79 Å². The number of halogens is 1. The molecule has 0 spiro atoms. The lowest BCUT2D eigenvalue weighted by Gasteiger charge is -2.36. The predicted octanol–water partition coefficient (Wildman–Crippen LogP) is 1.19. The summed E-state index contributed by atoms with van der Waals surface area (Å²) in [5, 5.41) is 3.42. The van der Waals surface area contributed by atoms with Gasteiger partial charge in [-0.2, -0.15) is 0 Å². The van der Waals surface area contributed by atoms with Gasteiger partial charge in [-0.1, -0.05) is 12.8 Å². The quantitative estimate of drug-likeness (QED) is 0.897. The summed E-state index contributed by atoms with van der Waals surface area (Å²) >= 11 is 0. The Labute approximate surface area is 144 Å². The number of imidazole rings is 1. The van der Waals surface area contributed by atoms with Crippen molar-refractivity contribution in [3.63, 3.8) is 0 Å². The van der Waals surface area contributed by atoms with E-state index < -0.39 is 0 Å². The summed E-state index contributed by atoms with van der Waals surface area (Å²) in [6, 6.07) is 0.185. The van der Waals surface area contributed by atoms with Crippen molar-refractivity contribution >= 4 is 18.3 Å². The third-order valence-electron chi connectivity index (χ3n) is 4.81. The van der Waals surface area contributed by atoms with Crippen LogP contribution in [-0.4, -0.2) is 64.5 Å². The lowest BCUT2D eigenvalue weighted by Crippen LogP contribution is -2.50. The maximum Gasteiger partial charge on any atom is 0.236 e. The third-order valence-corrected chi connectivity index (χ3v) is 4.81. The molecule has 7 heteroatoms. The molecule has 1 aromatic heterocycles. The number of hydrogen-bond acceptors (Lipinski definition) is 4. The van der Waals surface area contributed by atoms with Gasteiger partial charge >= 0.3 is 0 Å². The van der Waals surface area contributed by atoms with Gasteiger partial charge in [-0.3, -0.25) is 9.69 Å². The average Bonchev–Trinajstić information content (AvgIpc) is 2.78. The van der Waals surface area contributed by atoms with Crippen molar-refractivity contribution in [3.8, 4) is 0 Å². The van der Waals surface area contributed by atoms with E-state index in [0.29, 0.717) is 6.54 Å². The molecule has 0 aromatic carbocycles. The molecule has 1 amide bonds. The molecule has 23 heavy (non-hydrogen) atoms. The number of carbonyl (C=O) groups excluding carboxylic acids is 1. The number of nitrogens with one attached hydrogen (secondary N) is 1. The van der Waals surface area contributed by atoms with Crippen molar-refractivity contribution in [2.75, 3.05) is 39.3 Å². The van der Waals surface area contributed by atoms with Crippen molar-refractivity contribution in [1.29, 1.82) is 0 Å². The van der Waals surface area contributed by atoms with E-state index in [0.717, 1.165) is 51.4 Å². The third kappa shape index (κ3) is 4.46. The van der Waals surface area contributed by atoms with Gasteiger partial charge in [0.2, 0.25) is 5.91 Å². The van der Waals surface area contributed by atoms with Gasteiger partial charge < -0.3 is 14.8 Å². The Kier molecular flexibility index (Phi) is 6.87. The molecular weight excluding hydrogens is 314 g/mol. The molecule has 1 aromatic rings. The zero-order valence-corrected chi connectivity index (χ0v) is 14.7. The summed E-state index contributed by atoms with van der Waals surface area (Å²) in [5.41, 5.74) is 0. The molecule has 1 atom stereocenters. The number of nitrogens with zero attached hydrogens (tertiary/aromatic N) is 4. The monoisotopic (exact) mass is 341 g/mol. The van der Waals surface area contributed by atoms with Gasteiger partial charge in [-0.25, -0.2) is 4.98 Å². The normalized spacial score (nSPS) is 23.2. The van der Waals surface area contributed by atoms with Crippen LogP contribution in [0.3, 0.4) is 0 Å². The van der Waals surface area contributed by atoms with Crippen LogP contribution in [0, 0.1) is 0 Å². The number of aryl methyl sites for hydroxylation is 1. The lowest BCUT2D eigenvalue weighted by atomic mass is 10.1. The van der Waals surface area contributed by atoms with Crippen LogP contribution in [0.25, 0.3) is 0 Å². The fourth-order valence-electron chi connectivity index (χ4n) is 3.48. The van der Waals surface area contributed by atoms with Crippen molar-refractivity contribution in [3.05, 3.63) is 18.2 Å².